The molecule has 0 bridgehead atoms. The molecule has 0 spiro atoms. The Morgan fingerprint density at radius 2 is 2.32 bits per heavy atom. The fourth-order valence-corrected chi connectivity index (χ4v) is 1.76. The Morgan fingerprint density at radius 1 is 1.53 bits per heavy atom. The third kappa shape index (κ3) is 2.69. The number of amides is 1. The Morgan fingerprint density at radius 3 is 3.00 bits per heavy atom. The molecule has 1 aromatic carbocycles. The zero-order chi connectivity index (χ0) is 13.8. The molecule has 96 valence electrons. The van der Waals surface area contributed by atoms with Crippen LogP contribution in [0.4, 0.5) is 11.4 Å². The maximum absolute atomic E-state index is 11.4. The minimum absolute atomic E-state index is 0.0576. The maximum Gasteiger partial charge on any atom is 0.224 e. The van der Waals surface area contributed by atoms with Crippen molar-refractivity contribution in [3.8, 4) is 6.07 Å². The van der Waals surface area contributed by atoms with Crippen molar-refractivity contribution in [1.82, 2.24) is 0 Å². The highest BCUT2D eigenvalue weighted by Crippen LogP contribution is 2.30. The molecule has 0 aromatic heterocycles. The first kappa shape index (κ1) is 12.6. The van der Waals surface area contributed by atoms with Crippen molar-refractivity contribution in [3.63, 3.8) is 0 Å². The molecule has 0 aliphatic carbocycles. The Bertz CT molecular complexity index is 613. The Labute approximate surface area is 109 Å². The van der Waals surface area contributed by atoms with Crippen LogP contribution in [0.5, 0.6) is 0 Å². The number of nitrogens with two attached hydrogens (primary N) is 1. The quantitative estimate of drug-likeness (QED) is 0.362. The molecule has 0 saturated carbocycles. The van der Waals surface area contributed by atoms with Gasteiger partial charge in [-0.1, -0.05) is 12.1 Å². The van der Waals surface area contributed by atoms with E-state index in [1.165, 1.54) is 0 Å². The molecule has 1 aliphatic rings. The van der Waals surface area contributed by atoms with Crippen LogP contribution in [0.2, 0.25) is 0 Å². The second-order valence-corrected chi connectivity index (χ2v) is 3.99. The minimum atomic E-state index is -0.413. The highest BCUT2D eigenvalue weighted by molar-refractivity contribution is 6.45. The number of carbonyl (C=O) groups is 1. The van der Waals surface area contributed by atoms with E-state index in [2.05, 4.69) is 15.8 Å². The highest BCUT2D eigenvalue weighted by atomic mass is 16.1. The lowest BCUT2D eigenvalue weighted by Gasteiger charge is -2.19. The first-order valence-corrected chi connectivity index (χ1v) is 5.61. The van der Waals surface area contributed by atoms with Crippen LogP contribution in [0, 0.1) is 16.7 Å². The molecule has 1 amide bonds. The van der Waals surface area contributed by atoms with Gasteiger partial charge in [-0.15, -0.1) is 0 Å². The van der Waals surface area contributed by atoms with E-state index >= 15 is 0 Å². The third-order valence-corrected chi connectivity index (χ3v) is 2.69. The van der Waals surface area contributed by atoms with E-state index in [1.54, 1.807) is 12.1 Å². The zero-order valence-electron chi connectivity index (χ0n) is 10.0. The summed E-state index contributed by atoms with van der Waals surface area (Å²) in [6.45, 7) is 0. The largest absolute Gasteiger partial charge is 0.382 e. The van der Waals surface area contributed by atoms with Crippen molar-refractivity contribution >= 4 is 28.8 Å². The maximum atomic E-state index is 11.4. The lowest BCUT2D eigenvalue weighted by molar-refractivity contribution is -0.116. The van der Waals surface area contributed by atoms with Gasteiger partial charge in [0.05, 0.1) is 11.4 Å². The summed E-state index contributed by atoms with van der Waals surface area (Å²) in [5.41, 5.74) is 9.86. The normalized spacial score (nSPS) is 14.1. The van der Waals surface area contributed by atoms with Crippen LogP contribution in [0.3, 0.4) is 0 Å². The van der Waals surface area contributed by atoms with Crippen molar-refractivity contribution < 1.29 is 4.79 Å². The Kier molecular flexibility index (Phi) is 3.43. The van der Waals surface area contributed by atoms with E-state index in [0.717, 1.165) is 5.56 Å². The van der Waals surface area contributed by atoms with Crippen molar-refractivity contribution in [1.29, 1.82) is 10.7 Å². The van der Waals surface area contributed by atoms with Crippen LogP contribution in [0.25, 0.3) is 0 Å². The highest BCUT2D eigenvalue weighted by Gasteiger charge is 2.17. The molecule has 0 saturated heterocycles. The summed E-state index contributed by atoms with van der Waals surface area (Å²) in [6, 6.07) is 7.18. The van der Waals surface area contributed by atoms with Gasteiger partial charge in [0.1, 0.15) is 6.07 Å². The monoisotopic (exact) mass is 256 g/mol. The number of nitriles is 1. The average Bonchev–Trinajstić information content (AvgIpc) is 2.39. The third-order valence-electron chi connectivity index (χ3n) is 2.69. The molecule has 1 aliphatic heterocycles. The number of rotatable bonds is 3. The summed E-state index contributed by atoms with van der Waals surface area (Å²) in [5.74, 6) is -0.471. The number of amidine groups is 1. The number of anilines is 2. The van der Waals surface area contributed by atoms with E-state index in [1.807, 2.05) is 12.1 Å². The molecule has 19 heavy (non-hydrogen) atoms. The molecule has 0 unspecified atom stereocenters. The molecular weight excluding hydrogens is 244 g/mol. The fourth-order valence-electron chi connectivity index (χ4n) is 1.76. The summed E-state index contributed by atoms with van der Waals surface area (Å²) in [7, 11) is 0. The van der Waals surface area contributed by atoms with Gasteiger partial charge in [0.15, 0.2) is 5.84 Å². The molecule has 1 aromatic rings. The minimum Gasteiger partial charge on any atom is -0.382 e. The molecular formula is C12H12N6O. The topological polar surface area (TPSA) is 127 Å². The van der Waals surface area contributed by atoms with Crippen molar-refractivity contribution in [2.75, 3.05) is 10.7 Å². The van der Waals surface area contributed by atoms with E-state index < -0.39 is 5.84 Å². The van der Waals surface area contributed by atoms with Crippen LogP contribution >= 0.6 is 0 Å². The van der Waals surface area contributed by atoms with E-state index in [-0.39, 0.29) is 11.6 Å². The average molecular weight is 256 g/mol. The van der Waals surface area contributed by atoms with Gasteiger partial charge in [-0.2, -0.15) is 10.4 Å². The number of hydrogen-bond acceptors (Lipinski definition) is 5. The molecule has 5 N–H and O–H groups in total. The number of hydrogen-bond donors (Lipinski definition) is 4. The Hall–Kier alpha value is -2.88. The summed E-state index contributed by atoms with van der Waals surface area (Å²) in [6.07, 6.45) is 1.12. The second-order valence-electron chi connectivity index (χ2n) is 3.99. The fraction of sp³-hybridized carbons (Fsp3) is 0.167. The van der Waals surface area contributed by atoms with Crippen molar-refractivity contribution in [3.05, 3.63) is 23.8 Å². The van der Waals surface area contributed by atoms with Gasteiger partial charge in [-0.3, -0.25) is 15.6 Å². The second kappa shape index (κ2) is 5.18. The number of para-hydroxylation sites is 1. The van der Waals surface area contributed by atoms with Gasteiger partial charge in [-0.25, -0.2) is 0 Å². The van der Waals surface area contributed by atoms with Gasteiger partial charge < -0.3 is 11.1 Å². The van der Waals surface area contributed by atoms with Gasteiger partial charge in [0.25, 0.3) is 0 Å². The standard InChI is InChI=1S/C12H12N6O/c13-6-9(12(14)15)18-17-8-3-1-2-7-4-5-10(19)16-11(7)8/h1-3,17H,4-5H2,(H3,14,15)(H,16,19)/b18-9+. The van der Waals surface area contributed by atoms with E-state index in [0.29, 0.717) is 24.2 Å². The summed E-state index contributed by atoms with van der Waals surface area (Å²) >= 11 is 0. The predicted molar refractivity (Wildman–Crippen MR) is 72.0 cm³/mol. The van der Waals surface area contributed by atoms with Crippen LogP contribution < -0.4 is 16.5 Å². The molecule has 0 atom stereocenters. The molecule has 0 fully saturated rings. The molecule has 0 radical (unpaired) electrons. The zero-order valence-corrected chi connectivity index (χ0v) is 10.0. The Balaban J connectivity index is 2.30. The lowest BCUT2D eigenvalue weighted by Crippen LogP contribution is -2.23. The van der Waals surface area contributed by atoms with Crippen LogP contribution in [-0.4, -0.2) is 17.5 Å². The number of nitrogens with one attached hydrogen (secondary N) is 3. The van der Waals surface area contributed by atoms with Crippen molar-refractivity contribution in [2.45, 2.75) is 12.8 Å². The molecule has 7 nitrogen and oxygen atoms in total. The van der Waals surface area contributed by atoms with E-state index in [9.17, 15) is 4.79 Å². The summed E-state index contributed by atoms with van der Waals surface area (Å²) < 4.78 is 0. The first-order chi connectivity index (χ1) is 9.11. The number of hydrazone groups is 1. The summed E-state index contributed by atoms with van der Waals surface area (Å²) in [4.78, 5) is 11.4. The SMILES string of the molecule is N#C/C(=N\Nc1cccc2c1NC(=O)CC2)C(=N)N. The van der Waals surface area contributed by atoms with Crippen LogP contribution in [0.1, 0.15) is 12.0 Å². The van der Waals surface area contributed by atoms with Crippen LogP contribution in [-0.2, 0) is 11.2 Å². The van der Waals surface area contributed by atoms with E-state index in [4.69, 9.17) is 16.4 Å². The van der Waals surface area contributed by atoms with Gasteiger partial charge in [0.2, 0.25) is 11.6 Å². The van der Waals surface area contributed by atoms with Crippen molar-refractivity contribution in [2.24, 2.45) is 10.8 Å². The molecule has 7 heteroatoms. The molecule has 2 rings (SSSR count). The predicted octanol–water partition coefficient (Wildman–Crippen LogP) is 0.799. The molecule has 1 heterocycles. The number of carbonyl (C=O) groups excluding carboxylic acids is 1. The first-order valence-electron chi connectivity index (χ1n) is 5.61. The van der Waals surface area contributed by atoms with Gasteiger partial charge in [0, 0.05) is 6.42 Å². The smallest absolute Gasteiger partial charge is 0.224 e. The van der Waals surface area contributed by atoms with Gasteiger partial charge in [-0.05, 0) is 18.1 Å². The number of fused-ring (bicyclic) bond motifs is 1. The number of nitrogens with zero attached hydrogens (tertiary/aromatic N) is 2. The van der Waals surface area contributed by atoms with Gasteiger partial charge >= 0.3 is 0 Å². The lowest BCUT2D eigenvalue weighted by atomic mass is 10.0. The summed E-state index contributed by atoms with van der Waals surface area (Å²) in [5, 5.41) is 22.4. The number of benzene rings is 1. The number of aryl methyl sites for hydroxylation is 1. The van der Waals surface area contributed by atoms with Crippen LogP contribution in [0.15, 0.2) is 23.3 Å².